The van der Waals surface area contributed by atoms with Crippen molar-refractivity contribution in [3.05, 3.63) is 90.4 Å². The predicted octanol–water partition coefficient (Wildman–Crippen LogP) is 4.53. The van der Waals surface area contributed by atoms with Gasteiger partial charge in [-0.3, -0.25) is 10.4 Å². The van der Waals surface area contributed by atoms with Gasteiger partial charge in [0.1, 0.15) is 0 Å². The predicted molar refractivity (Wildman–Crippen MR) is 136 cm³/mol. The van der Waals surface area contributed by atoms with Gasteiger partial charge in [-0.2, -0.15) is 5.10 Å². The van der Waals surface area contributed by atoms with Gasteiger partial charge in [0.15, 0.2) is 0 Å². The Balaban J connectivity index is 1.31. The second-order valence-electron chi connectivity index (χ2n) is 8.04. The Morgan fingerprint density at radius 2 is 1.82 bits per heavy atom. The molecule has 1 saturated heterocycles. The fraction of sp³-hybridized carbons (Fsp3) is 0.222. The molecular formula is C27H27N5O2. The number of nitrogens with zero attached hydrogens (tertiary/aromatic N) is 4. The number of anilines is 2. The summed E-state index contributed by atoms with van der Waals surface area (Å²) in [6.45, 7) is 3.60. The molecule has 1 N–H and O–H groups in total. The summed E-state index contributed by atoms with van der Waals surface area (Å²) in [4.78, 5) is 11.3. The summed E-state index contributed by atoms with van der Waals surface area (Å²) >= 11 is 0. The largest absolute Gasteiger partial charge is 0.477 e. The normalized spacial score (nSPS) is 13.9. The molecule has 0 saturated carbocycles. The fourth-order valence-electron chi connectivity index (χ4n) is 3.89. The quantitative estimate of drug-likeness (QED) is 0.312. The number of rotatable bonds is 8. The Hall–Kier alpha value is -3.97. The molecule has 0 unspecified atom stereocenters. The summed E-state index contributed by atoms with van der Waals surface area (Å²) in [5.41, 5.74) is 6.81. The maximum Gasteiger partial charge on any atom is 0.215 e. The van der Waals surface area contributed by atoms with Gasteiger partial charge < -0.3 is 14.4 Å². The lowest BCUT2D eigenvalue weighted by Crippen LogP contribution is -2.36. The lowest BCUT2D eigenvalue weighted by molar-refractivity contribution is 0.122. The molecule has 7 heteroatoms. The smallest absolute Gasteiger partial charge is 0.215 e. The van der Waals surface area contributed by atoms with Crippen molar-refractivity contribution in [1.29, 1.82) is 0 Å². The number of hydrogen-bond acceptors (Lipinski definition) is 7. The topological polar surface area (TPSA) is 71.9 Å². The molecule has 34 heavy (non-hydrogen) atoms. The number of pyridine rings is 2. The van der Waals surface area contributed by atoms with Gasteiger partial charge in [-0.1, -0.05) is 36.4 Å². The lowest BCUT2D eigenvalue weighted by atomic mass is 10.1. The number of morpholine rings is 1. The molecule has 0 bridgehead atoms. The number of fused-ring (bicyclic) bond motifs is 1. The third-order valence-electron chi connectivity index (χ3n) is 5.66. The number of nitrogens with one attached hydrogen (secondary N) is 1. The molecule has 2 aromatic heterocycles. The number of benzene rings is 2. The van der Waals surface area contributed by atoms with Crippen molar-refractivity contribution in [2.24, 2.45) is 5.10 Å². The monoisotopic (exact) mass is 453 g/mol. The van der Waals surface area contributed by atoms with E-state index in [1.165, 1.54) is 10.8 Å². The molecule has 5 rings (SSSR count). The van der Waals surface area contributed by atoms with E-state index in [-0.39, 0.29) is 0 Å². The van der Waals surface area contributed by atoms with E-state index in [2.05, 4.69) is 49.7 Å². The molecule has 0 amide bonds. The average molecular weight is 454 g/mol. The molecule has 0 atom stereocenters. The van der Waals surface area contributed by atoms with Crippen LogP contribution in [0.1, 0.15) is 11.4 Å². The van der Waals surface area contributed by atoms with Crippen LogP contribution < -0.4 is 15.1 Å². The van der Waals surface area contributed by atoms with E-state index in [0.717, 1.165) is 42.3 Å². The zero-order valence-electron chi connectivity index (χ0n) is 18.9. The van der Waals surface area contributed by atoms with Crippen LogP contribution in [0, 0.1) is 0 Å². The Morgan fingerprint density at radius 1 is 0.971 bits per heavy atom. The number of ether oxygens (including phenoxy) is 2. The Kier molecular flexibility index (Phi) is 6.92. The molecule has 0 aliphatic carbocycles. The van der Waals surface area contributed by atoms with Gasteiger partial charge in [-0.05, 0) is 41.1 Å². The van der Waals surface area contributed by atoms with E-state index in [1.54, 1.807) is 12.4 Å². The second kappa shape index (κ2) is 10.8. The van der Waals surface area contributed by atoms with Crippen molar-refractivity contribution in [2.45, 2.75) is 6.42 Å². The van der Waals surface area contributed by atoms with Crippen LogP contribution in [0.4, 0.5) is 11.4 Å². The summed E-state index contributed by atoms with van der Waals surface area (Å²) in [6, 6.07) is 24.3. The van der Waals surface area contributed by atoms with Crippen molar-refractivity contribution in [3.8, 4) is 5.88 Å². The van der Waals surface area contributed by atoms with Crippen molar-refractivity contribution < 1.29 is 9.47 Å². The van der Waals surface area contributed by atoms with Crippen LogP contribution in [-0.2, 0) is 11.2 Å². The molecule has 0 spiro atoms. The Labute approximate surface area is 199 Å². The minimum absolute atomic E-state index is 0.502. The Bertz CT molecular complexity index is 1260. The van der Waals surface area contributed by atoms with Crippen molar-refractivity contribution >= 4 is 28.4 Å². The van der Waals surface area contributed by atoms with Gasteiger partial charge in [0.05, 0.1) is 37.4 Å². The molecule has 172 valence electrons. The molecular weight excluding hydrogens is 426 g/mol. The first-order chi connectivity index (χ1) is 16.8. The maximum atomic E-state index is 6.00. The van der Waals surface area contributed by atoms with Crippen LogP contribution in [0.2, 0.25) is 0 Å². The maximum absolute atomic E-state index is 6.00. The lowest BCUT2D eigenvalue weighted by Gasteiger charge is -2.29. The standard InChI is InChI=1S/C27H27N5O2/c1-2-6-22-17-24(9-8-21(22)5-1)31-29-20-25-18-26(32-12-15-33-16-13-32)19-27(30-25)34-14-10-23-7-3-4-11-28-23/h1-9,11,17-20,31H,10,12-16H2/b29-20-. The van der Waals surface area contributed by atoms with Gasteiger partial charge in [0.2, 0.25) is 5.88 Å². The van der Waals surface area contributed by atoms with Crippen molar-refractivity contribution in [3.63, 3.8) is 0 Å². The van der Waals surface area contributed by atoms with Crippen LogP contribution in [0.25, 0.3) is 10.8 Å². The molecule has 1 fully saturated rings. The summed E-state index contributed by atoms with van der Waals surface area (Å²) in [5.74, 6) is 0.576. The first kappa shape index (κ1) is 21.9. The SMILES string of the molecule is C(=N/Nc1ccc2ccccc2c1)/c1cc(N2CCOCC2)cc(OCCc2ccccn2)n1. The highest BCUT2D eigenvalue weighted by molar-refractivity contribution is 5.86. The summed E-state index contributed by atoms with van der Waals surface area (Å²) < 4.78 is 11.5. The second-order valence-corrected chi connectivity index (χ2v) is 8.04. The van der Waals surface area contributed by atoms with Crippen LogP contribution in [-0.4, -0.2) is 49.1 Å². The third kappa shape index (κ3) is 5.68. The van der Waals surface area contributed by atoms with Gasteiger partial charge in [0, 0.05) is 43.2 Å². The molecule has 7 nitrogen and oxygen atoms in total. The van der Waals surface area contributed by atoms with E-state index in [0.29, 0.717) is 25.7 Å². The van der Waals surface area contributed by atoms with Crippen LogP contribution in [0.3, 0.4) is 0 Å². The van der Waals surface area contributed by atoms with Gasteiger partial charge in [0.25, 0.3) is 0 Å². The van der Waals surface area contributed by atoms with E-state index < -0.39 is 0 Å². The van der Waals surface area contributed by atoms with Crippen molar-refractivity contribution in [2.75, 3.05) is 43.2 Å². The van der Waals surface area contributed by atoms with E-state index in [4.69, 9.17) is 9.47 Å². The summed E-state index contributed by atoms with van der Waals surface area (Å²) in [5, 5.41) is 6.79. The molecule has 2 aromatic carbocycles. The molecule has 0 radical (unpaired) electrons. The van der Waals surface area contributed by atoms with Gasteiger partial charge >= 0.3 is 0 Å². The minimum atomic E-state index is 0.502. The minimum Gasteiger partial charge on any atom is -0.477 e. The number of hydrazone groups is 1. The first-order valence-electron chi connectivity index (χ1n) is 11.5. The van der Waals surface area contributed by atoms with Crippen LogP contribution in [0.5, 0.6) is 5.88 Å². The van der Waals surface area contributed by atoms with Crippen molar-refractivity contribution in [1.82, 2.24) is 9.97 Å². The average Bonchev–Trinajstić information content (AvgIpc) is 2.90. The van der Waals surface area contributed by atoms with E-state index in [9.17, 15) is 0 Å². The Morgan fingerprint density at radius 3 is 2.68 bits per heavy atom. The van der Waals surface area contributed by atoms with Gasteiger partial charge in [-0.25, -0.2) is 4.98 Å². The van der Waals surface area contributed by atoms with Crippen LogP contribution in [0.15, 0.2) is 84.1 Å². The zero-order valence-corrected chi connectivity index (χ0v) is 18.9. The highest BCUT2D eigenvalue weighted by atomic mass is 16.5. The zero-order chi connectivity index (χ0) is 23.0. The first-order valence-corrected chi connectivity index (χ1v) is 11.5. The highest BCUT2D eigenvalue weighted by Crippen LogP contribution is 2.22. The molecule has 4 aromatic rings. The number of aromatic nitrogens is 2. The van der Waals surface area contributed by atoms with E-state index >= 15 is 0 Å². The number of hydrogen-bond donors (Lipinski definition) is 1. The molecule has 3 heterocycles. The van der Waals surface area contributed by atoms with Crippen LogP contribution >= 0.6 is 0 Å². The van der Waals surface area contributed by atoms with Gasteiger partial charge in [-0.15, -0.1) is 0 Å². The summed E-state index contributed by atoms with van der Waals surface area (Å²) in [7, 11) is 0. The molecule has 1 aliphatic heterocycles. The molecule has 1 aliphatic rings. The van der Waals surface area contributed by atoms with E-state index in [1.807, 2.05) is 48.5 Å². The summed E-state index contributed by atoms with van der Waals surface area (Å²) in [6.07, 6.45) is 4.24. The highest BCUT2D eigenvalue weighted by Gasteiger charge is 2.14. The third-order valence-corrected chi connectivity index (χ3v) is 5.66. The fourth-order valence-corrected chi connectivity index (χ4v) is 3.89.